The highest BCUT2D eigenvalue weighted by Crippen LogP contribution is 2.46. The zero-order valence-corrected chi connectivity index (χ0v) is 14.0. The number of hydrogen-bond donors (Lipinski definition) is 1. The van der Waals surface area contributed by atoms with Gasteiger partial charge in [-0.2, -0.15) is 0 Å². The van der Waals surface area contributed by atoms with Gasteiger partial charge in [-0.25, -0.2) is 0 Å². The average Bonchev–Trinajstić information content (AvgIpc) is 3.10. The molecule has 1 saturated heterocycles. The normalized spacial score (nSPS) is 24.3. The molecule has 0 aliphatic carbocycles. The van der Waals surface area contributed by atoms with Crippen molar-refractivity contribution >= 4 is 22.9 Å². The summed E-state index contributed by atoms with van der Waals surface area (Å²) >= 11 is 0. The first-order valence-corrected chi connectivity index (χ1v) is 8.94. The SMILES string of the molecule is O=C1Nc2ccccc2C1=C1OC(CCN2CCC2)c2ccccc21. The Labute approximate surface area is 147 Å². The van der Waals surface area contributed by atoms with E-state index in [1.54, 1.807) is 0 Å². The summed E-state index contributed by atoms with van der Waals surface area (Å²) in [5.41, 5.74) is 4.70. The monoisotopic (exact) mass is 332 g/mol. The number of carbonyl (C=O) groups excluding carboxylic acids is 1. The molecule has 3 aliphatic rings. The number of anilines is 1. The maximum atomic E-state index is 12.6. The quantitative estimate of drug-likeness (QED) is 0.872. The fourth-order valence-electron chi connectivity index (χ4n) is 3.91. The Balaban J connectivity index is 1.55. The molecule has 0 bridgehead atoms. The van der Waals surface area contributed by atoms with Gasteiger partial charge in [-0.1, -0.05) is 42.5 Å². The zero-order chi connectivity index (χ0) is 16.8. The minimum absolute atomic E-state index is 0.0277. The van der Waals surface area contributed by atoms with Crippen LogP contribution in [-0.4, -0.2) is 30.4 Å². The van der Waals surface area contributed by atoms with Gasteiger partial charge in [0.25, 0.3) is 5.91 Å². The maximum absolute atomic E-state index is 12.6. The van der Waals surface area contributed by atoms with E-state index < -0.39 is 0 Å². The largest absolute Gasteiger partial charge is 0.484 e. The molecule has 5 rings (SSSR count). The summed E-state index contributed by atoms with van der Waals surface area (Å²) in [6, 6.07) is 16.1. The summed E-state index contributed by atoms with van der Waals surface area (Å²) in [6.45, 7) is 3.43. The van der Waals surface area contributed by atoms with Crippen LogP contribution < -0.4 is 5.32 Å². The highest BCUT2D eigenvalue weighted by molar-refractivity contribution is 6.36. The Morgan fingerprint density at radius 3 is 2.60 bits per heavy atom. The van der Waals surface area contributed by atoms with Crippen LogP contribution >= 0.6 is 0 Å². The van der Waals surface area contributed by atoms with E-state index >= 15 is 0 Å². The van der Waals surface area contributed by atoms with Crippen LogP contribution in [0.3, 0.4) is 0 Å². The minimum Gasteiger partial charge on any atom is -0.484 e. The maximum Gasteiger partial charge on any atom is 0.260 e. The van der Waals surface area contributed by atoms with E-state index in [2.05, 4.69) is 28.4 Å². The topological polar surface area (TPSA) is 41.6 Å². The number of hydrogen-bond acceptors (Lipinski definition) is 3. The summed E-state index contributed by atoms with van der Waals surface area (Å²) in [4.78, 5) is 15.1. The van der Waals surface area contributed by atoms with E-state index in [1.165, 1.54) is 25.1 Å². The summed E-state index contributed by atoms with van der Waals surface area (Å²) in [6.07, 6.45) is 2.28. The lowest BCUT2D eigenvalue weighted by Gasteiger charge is -2.31. The predicted octanol–water partition coefficient (Wildman–Crippen LogP) is 3.67. The van der Waals surface area contributed by atoms with Crippen molar-refractivity contribution in [1.82, 2.24) is 4.90 Å². The number of benzene rings is 2. The molecule has 0 spiro atoms. The number of likely N-dealkylation sites (tertiary alicyclic amines) is 1. The lowest BCUT2D eigenvalue weighted by atomic mass is 9.98. The Morgan fingerprint density at radius 2 is 1.80 bits per heavy atom. The first kappa shape index (κ1) is 14.7. The van der Waals surface area contributed by atoms with Crippen LogP contribution in [0.15, 0.2) is 48.5 Å². The number of carbonyl (C=O) groups is 1. The van der Waals surface area contributed by atoms with Gasteiger partial charge >= 0.3 is 0 Å². The van der Waals surface area contributed by atoms with Crippen LogP contribution in [0.25, 0.3) is 11.3 Å². The lowest BCUT2D eigenvalue weighted by Crippen LogP contribution is -2.38. The first-order valence-electron chi connectivity index (χ1n) is 8.94. The Kier molecular flexibility index (Phi) is 3.38. The number of fused-ring (bicyclic) bond motifs is 2. The van der Waals surface area contributed by atoms with Crippen molar-refractivity contribution in [2.24, 2.45) is 0 Å². The molecule has 1 fully saturated rings. The summed E-state index contributed by atoms with van der Waals surface area (Å²) in [7, 11) is 0. The Hall–Kier alpha value is -2.59. The van der Waals surface area contributed by atoms with E-state index in [4.69, 9.17) is 4.74 Å². The Bertz CT molecular complexity index is 883. The molecule has 2 aromatic carbocycles. The molecule has 1 N–H and O–H groups in total. The second-order valence-corrected chi connectivity index (χ2v) is 6.88. The van der Waals surface area contributed by atoms with Crippen molar-refractivity contribution in [2.45, 2.75) is 18.9 Å². The number of ether oxygens (including phenoxy) is 1. The number of amides is 1. The number of rotatable bonds is 3. The molecule has 4 heteroatoms. The molecule has 3 aliphatic heterocycles. The highest BCUT2D eigenvalue weighted by Gasteiger charge is 2.36. The molecule has 0 aromatic heterocycles. The zero-order valence-electron chi connectivity index (χ0n) is 14.0. The van der Waals surface area contributed by atoms with Gasteiger partial charge in [0.1, 0.15) is 11.9 Å². The van der Waals surface area contributed by atoms with Crippen LogP contribution in [0, 0.1) is 0 Å². The van der Waals surface area contributed by atoms with Crippen molar-refractivity contribution < 1.29 is 9.53 Å². The second-order valence-electron chi connectivity index (χ2n) is 6.88. The lowest BCUT2D eigenvalue weighted by molar-refractivity contribution is -0.110. The van der Waals surface area contributed by atoms with Gasteiger partial charge in [0.15, 0.2) is 0 Å². The van der Waals surface area contributed by atoms with Gasteiger partial charge in [0, 0.05) is 35.3 Å². The van der Waals surface area contributed by atoms with Crippen LogP contribution in [0.4, 0.5) is 5.69 Å². The number of nitrogens with zero attached hydrogens (tertiary/aromatic N) is 1. The smallest absolute Gasteiger partial charge is 0.260 e. The number of para-hydroxylation sites is 1. The van der Waals surface area contributed by atoms with Gasteiger partial charge in [-0.3, -0.25) is 4.79 Å². The second kappa shape index (κ2) is 5.74. The van der Waals surface area contributed by atoms with Crippen LogP contribution in [0.1, 0.15) is 35.6 Å². The molecule has 126 valence electrons. The van der Waals surface area contributed by atoms with Crippen molar-refractivity contribution in [3.05, 3.63) is 65.2 Å². The van der Waals surface area contributed by atoms with Crippen molar-refractivity contribution in [1.29, 1.82) is 0 Å². The third-order valence-corrected chi connectivity index (χ3v) is 5.37. The van der Waals surface area contributed by atoms with E-state index in [9.17, 15) is 4.79 Å². The predicted molar refractivity (Wildman–Crippen MR) is 97.8 cm³/mol. The first-order chi connectivity index (χ1) is 12.3. The molecule has 4 nitrogen and oxygen atoms in total. The standard InChI is InChI=1S/C21H20N2O2/c24-21-19(16-8-3-4-9-17(16)22-21)20-15-7-2-1-6-14(15)18(25-20)10-13-23-11-5-12-23/h1-4,6-9,18H,5,10-13H2,(H,22,24). The molecule has 0 radical (unpaired) electrons. The van der Waals surface area contributed by atoms with Crippen molar-refractivity contribution in [2.75, 3.05) is 25.0 Å². The van der Waals surface area contributed by atoms with Crippen LogP contribution in [0.2, 0.25) is 0 Å². The fraction of sp³-hybridized carbons (Fsp3) is 0.286. The third kappa shape index (κ3) is 2.36. The van der Waals surface area contributed by atoms with Gasteiger partial charge < -0.3 is 15.0 Å². The molecular formula is C21H20N2O2. The molecule has 1 unspecified atom stereocenters. The summed E-state index contributed by atoms with van der Waals surface area (Å²) < 4.78 is 6.35. The van der Waals surface area contributed by atoms with E-state index in [0.29, 0.717) is 5.57 Å². The van der Waals surface area contributed by atoms with E-state index in [-0.39, 0.29) is 12.0 Å². The van der Waals surface area contributed by atoms with Gasteiger partial charge in [-0.05, 0) is 25.6 Å². The van der Waals surface area contributed by atoms with Gasteiger partial charge in [0.2, 0.25) is 0 Å². The van der Waals surface area contributed by atoms with Crippen LogP contribution in [0.5, 0.6) is 0 Å². The van der Waals surface area contributed by atoms with Gasteiger partial charge in [0.05, 0.1) is 5.57 Å². The van der Waals surface area contributed by atoms with Gasteiger partial charge in [-0.15, -0.1) is 0 Å². The number of nitrogens with one attached hydrogen (secondary N) is 1. The average molecular weight is 332 g/mol. The van der Waals surface area contributed by atoms with E-state index in [1.807, 2.05) is 30.3 Å². The molecular weight excluding hydrogens is 312 g/mol. The van der Waals surface area contributed by atoms with Crippen LogP contribution in [-0.2, 0) is 9.53 Å². The highest BCUT2D eigenvalue weighted by atomic mass is 16.5. The molecule has 2 aromatic rings. The van der Waals surface area contributed by atoms with Crippen molar-refractivity contribution in [3.63, 3.8) is 0 Å². The third-order valence-electron chi connectivity index (χ3n) is 5.37. The summed E-state index contributed by atoms with van der Waals surface area (Å²) in [5, 5.41) is 2.95. The molecule has 1 amide bonds. The minimum atomic E-state index is -0.0746. The molecule has 0 saturated carbocycles. The molecule has 1 atom stereocenters. The Morgan fingerprint density at radius 1 is 1.04 bits per heavy atom. The fourth-order valence-corrected chi connectivity index (χ4v) is 3.91. The molecule has 25 heavy (non-hydrogen) atoms. The van der Waals surface area contributed by atoms with Crippen molar-refractivity contribution in [3.8, 4) is 0 Å². The molecule has 3 heterocycles. The van der Waals surface area contributed by atoms with E-state index in [0.717, 1.165) is 35.5 Å². The summed E-state index contributed by atoms with van der Waals surface area (Å²) in [5.74, 6) is 0.654.